The summed E-state index contributed by atoms with van der Waals surface area (Å²) in [5.74, 6) is 0. The van der Waals surface area contributed by atoms with E-state index in [0.717, 1.165) is 27.7 Å². The molecular formula is C13H14N4S. The molecule has 0 N–H and O–H groups in total. The Morgan fingerprint density at radius 3 is 2.83 bits per heavy atom. The summed E-state index contributed by atoms with van der Waals surface area (Å²) >= 11 is 1.55. The monoisotopic (exact) mass is 258 g/mol. The topological polar surface area (TPSA) is 54.5 Å². The lowest BCUT2D eigenvalue weighted by atomic mass is 10.2. The summed E-state index contributed by atoms with van der Waals surface area (Å²) in [5, 5.41) is 14.2. The Bertz CT molecular complexity index is 608. The predicted molar refractivity (Wildman–Crippen MR) is 73.0 cm³/mol. The van der Waals surface area contributed by atoms with Gasteiger partial charge in [0, 0.05) is 23.2 Å². The molecule has 0 unspecified atom stereocenters. The zero-order valence-electron chi connectivity index (χ0n) is 10.6. The van der Waals surface area contributed by atoms with Crippen LogP contribution in [0.2, 0.25) is 0 Å². The fourth-order valence-electron chi connectivity index (χ4n) is 1.52. The Kier molecular flexibility index (Phi) is 3.58. The average molecular weight is 258 g/mol. The quantitative estimate of drug-likeness (QED) is 0.795. The molecule has 0 atom stereocenters. The number of nitrogens with zero attached hydrogens (tertiary/aromatic N) is 4. The Labute approximate surface area is 110 Å². The molecule has 0 bridgehead atoms. The molecule has 2 aromatic rings. The molecule has 0 spiro atoms. The van der Waals surface area contributed by atoms with Crippen molar-refractivity contribution in [3.05, 3.63) is 33.5 Å². The molecule has 2 heterocycles. The van der Waals surface area contributed by atoms with E-state index in [1.165, 1.54) is 0 Å². The van der Waals surface area contributed by atoms with Gasteiger partial charge >= 0.3 is 0 Å². The highest BCUT2D eigenvalue weighted by molar-refractivity contribution is 7.12. The molecular weight excluding hydrogens is 244 g/mol. The van der Waals surface area contributed by atoms with E-state index >= 15 is 0 Å². The van der Waals surface area contributed by atoms with Gasteiger partial charge in [-0.3, -0.25) is 4.68 Å². The molecule has 0 aliphatic rings. The normalized spacial score (nSPS) is 11.6. The fraction of sp³-hybridized carbons (Fsp3) is 0.308. The van der Waals surface area contributed by atoms with E-state index in [1.807, 2.05) is 37.7 Å². The van der Waals surface area contributed by atoms with Gasteiger partial charge in [-0.25, -0.2) is 4.98 Å². The number of thiazole rings is 1. The van der Waals surface area contributed by atoms with Gasteiger partial charge in [-0.1, -0.05) is 0 Å². The first-order chi connectivity index (χ1) is 8.63. The third-order valence-corrected chi connectivity index (χ3v) is 3.77. The SMILES string of the molecule is CCn1cc(/C=C(/C#N)c2nc(C)c(C)s2)cn1. The van der Waals surface area contributed by atoms with E-state index in [1.54, 1.807) is 17.5 Å². The first-order valence-corrected chi connectivity index (χ1v) is 6.54. The van der Waals surface area contributed by atoms with Crippen molar-refractivity contribution in [3.63, 3.8) is 0 Å². The Morgan fingerprint density at radius 1 is 1.56 bits per heavy atom. The third-order valence-electron chi connectivity index (χ3n) is 2.67. The van der Waals surface area contributed by atoms with E-state index < -0.39 is 0 Å². The first-order valence-electron chi connectivity index (χ1n) is 5.72. The largest absolute Gasteiger partial charge is 0.272 e. The Balaban J connectivity index is 2.36. The molecule has 92 valence electrons. The van der Waals surface area contributed by atoms with E-state index in [-0.39, 0.29) is 0 Å². The van der Waals surface area contributed by atoms with Crippen LogP contribution in [0.3, 0.4) is 0 Å². The molecule has 18 heavy (non-hydrogen) atoms. The Hall–Kier alpha value is -1.93. The molecule has 0 amide bonds. The van der Waals surface area contributed by atoms with E-state index in [0.29, 0.717) is 5.57 Å². The van der Waals surface area contributed by atoms with E-state index in [4.69, 9.17) is 0 Å². The molecule has 0 fully saturated rings. The highest BCUT2D eigenvalue weighted by atomic mass is 32.1. The third kappa shape index (κ3) is 2.49. The van der Waals surface area contributed by atoms with E-state index in [2.05, 4.69) is 16.2 Å². The number of nitriles is 1. The number of aryl methyl sites for hydroxylation is 3. The maximum absolute atomic E-state index is 9.23. The number of allylic oxidation sites excluding steroid dienone is 1. The van der Waals surface area contributed by atoms with Crippen LogP contribution in [-0.4, -0.2) is 14.8 Å². The van der Waals surface area contributed by atoms with Crippen LogP contribution in [0, 0.1) is 25.2 Å². The minimum absolute atomic E-state index is 0.590. The van der Waals surface area contributed by atoms with Crippen molar-refractivity contribution < 1.29 is 0 Å². The highest BCUT2D eigenvalue weighted by Crippen LogP contribution is 2.24. The molecule has 0 aliphatic carbocycles. The van der Waals surface area contributed by atoms with Crippen LogP contribution in [0.15, 0.2) is 12.4 Å². The van der Waals surface area contributed by atoms with Gasteiger partial charge in [0.15, 0.2) is 0 Å². The highest BCUT2D eigenvalue weighted by Gasteiger charge is 2.09. The van der Waals surface area contributed by atoms with Gasteiger partial charge in [-0.15, -0.1) is 11.3 Å². The maximum atomic E-state index is 9.23. The van der Waals surface area contributed by atoms with Gasteiger partial charge in [0.1, 0.15) is 11.1 Å². The molecule has 0 radical (unpaired) electrons. The van der Waals surface area contributed by atoms with Crippen molar-refractivity contribution >= 4 is 23.0 Å². The van der Waals surface area contributed by atoms with Crippen molar-refractivity contribution in [2.45, 2.75) is 27.3 Å². The van der Waals surface area contributed by atoms with Crippen molar-refractivity contribution in [2.75, 3.05) is 0 Å². The second-order valence-corrected chi connectivity index (χ2v) is 5.16. The lowest BCUT2D eigenvalue weighted by Crippen LogP contribution is -1.91. The van der Waals surface area contributed by atoms with Gasteiger partial charge in [0.05, 0.1) is 17.5 Å². The van der Waals surface area contributed by atoms with Crippen molar-refractivity contribution in [2.24, 2.45) is 0 Å². The van der Waals surface area contributed by atoms with Crippen LogP contribution in [0.5, 0.6) is 0 Å². The standard InChI is InChI=1S/C13H14N4S/c1-4-17-8-11(7-15-17)5-12(6-14)13-16-9(2)10(3)18-13/h5,7-8H,4H2,1-3H3/b12-5-. The molecule has 5 heteroatoms. The Morgan fingerprint density at radius 2 is 2.33 bits per heavy atom. The number of aromatic nitrogens is 3. The minimum Gasteiger partial charge on any atom is -0.272 e. The first kappa shape index (κ1) is 12.5. The second kappa shape index (κ2) is 5.15. The summed E-state index contributed by atoms with van der Waals surface area (Å²) < 4.78 is 1.83. The molecule has 0 aliphatic heterocycles. The minimum atomic E-state index is 0.590. The van der Waals surface area contributed by atoms with Crippen LogP contribution in [-0.2, 0) is 6.54 Å². The fourth-order valence-corrected chi connectivity index (χ4v) is 2.40. The molecule has 0 saturated carbocycles. The van der Waals surface area contributed by atoms with Crippen LogP contribution in [0.1, 0.15) is 28.1 Å². The van der Waals surface area contributed by atoms with Crippen LogP contribution < -0.4 is 0 Å². The summed E-state index contributed by atoms with van der Waals surface area (Å²) in [4.78, 5) is 5.55. The molecule has 2 rings (SSSR count). The van der Waals surface area contributed by atoms with E-state index in [9.17, 15) is 5.26 Å². The zero-order valence-corrected chi connectivity index (χ0v) is 11.5. The van der Waals surface area contributed by atoms with Gasteiger partial charge in [-0.2, -0.15) is 10.4 Å². The smallest absolute Gasteiger partial charge is 0.134 e. The zero-order chi connectivity index (χ0) is 13.1. The average Bonchev–Trinajstić information content (AvgIpc) is 2.94. The van der Waals surface area contributed by atoms with Gasteiger partial charge in [0.2, 0.25) is 0 Å². The summed E-state index contributed by atoms with van der Waals surface area (Å²) in [6.07, 6.45) is 5.51. The van der Waals surface area contributed by atoms with Gasteiger partial charge in [0.25, 0.3) is 0 Å². The van der Waals surface area contributed by atoms with Crippen LogP contribution in [0.25, 0.3) is 11.6 Å². The number of hydrogen-bond acceptors (Lipinski definition) is 4. The molecule has 0 aromatic carbocycles. The maximum Gasteiger partial charge on any atom is 0.134 e. The van der Waals surface area contributed by atoms with Gasteiger partial charge < -0.3 is 0 Å². The lowest BCUT2D eigenvalue weighted by molar-refractivity contribution is 0.660. The molecule has 2 aromatic heterocycles. The molecule has 0 saturated heterocycles. The van der Waals surface area contributed by atoms with Crippen molar-refractivity contribution in [3.8, 4) is 6.07 Å². The van der Waals surface area contributed by atoms with Gasteiger partial charge in [-0.05, 0) is 26.8 Å². The summed E-state index contributed by atoms with van der Waals surface area (Å²) in [5.41, 5.74) is 2.51. The summed E-state index contributed by atoms with van der Waals surface area (Å²) in [7, 11) is 0. The number of hydrogen-bond donors (Lipinski definition) is 0. The molecule has 4 nitrogen and oxygen atoms in total. The van der Waals surface area contributed by atoms with Crippen molar-refractivity contribution in [1.82, 2.24) is 14.8 Å². The summed E-state index contributed by atoms with van der Waals surface area (Å²) in [6.45, 7) is 6.82. The van der Waals surface area contributed by atoms with Crippen LogP contribution in [0.4, 0.5) is 0 Å². The van der Waals surface area contributed by atoms with Crippen molar-refractivity contribution in [1.29, 1.82) is 5.26 Å². The van der Waals surface area contributed by atoms with Crippen LogP contribution >= 0.6 is 11.3 Å². The second-order valence-electron chi connectivity index (χ2n) is 3.96. The summed E-state index contributed by atoms with van der Waals surface area (Å²) in [6, 6.07) is 2.21. The predicted octanol–water partition coefficient (Wildman–Crippen LogP) is 3.04. The lowest BCUT2D eigenvalue weighted by Gasteiger charge is -1.92. The number of rotatable bonds is 3.